The fourth-order valence-corrected chi connectivity index (χ4v) is 1.55. The minimum Gasteiger partial charge on any atom is -0.389 e. The number of aliphatic hydroxyl groups is 1. The van der Waals surface area contributed by atoms with Crippen molar-refractivity contribution in [2.75, 3.05) is 0 Å². The second-order valence-electron chi connectivity index (χ2n) is 3.37. The Morgan fingerprint density at radius 1 is 1.64 bits per heavy atom. The lowest BCUT2D eigenvalue weighted by Crippen LogP contribution is -2.21. The molecule has 62 valence electrons. The first-order valence-electron chi connectivity index (χ1n) is 4.21. The maximum absolute atomic E-state index is 9.35. The number of rotatable bonds is 2. The van der Waals surface area contributed by atoms with Gasteiger partial charge in [0.05, 0.1) is 6.10 Å². The molecular formula is C10H16O. The van der Waals surface area contributed by atoms with E-state index in [4.69, 9.17) is 0 Å². The smallest absolute Gasteiger partial charge is 0.0746 e. The van der Waals surface area contributed by atoms with Crippen LogP contribution in [0.1, 0.15) is 19.8 Å². The summed E-state index contributed by atoms with van der Waals surface area (Å²) in [5.74, 6) is 1.01. The highest BCUT2D eigenvalue weighted by molar-refractivity contribution is 5.02. The van der Waals surface area contributed by atoms with Crippen molar-refractivity contribution >= 4 is 0 Å². The Balaban J connectivity index is 2.49. The molecule has 1 N–H and O–H groups in total. The van der Waals surface area contributed by atoms with Crippen LogP contribution >= 0.6 is 0 Å². The van der Waals surface area contributed by atoms with Crippen LogP contribution in [0.5, 0.6) is 0 Å². The van der Waals surface area contributed by atoms with Crippen molar-refractivity contribution in [3.63, 3.8) is 0 Å². The van der Waals surface area contributed by atoms with Gasteiger partial charge in [-0.15, -0.1) is 6.58 Å². The Morgan fingerprint density at radius 3 is 2.91 bits per heavy atom. The molecule has 3 atom stereocenters. The SMILES string of the molecule is C=CCC1C=CC(O)C(C)C1. The molecule has 1 aliphatic carbocycles. The third-order valence-corrected chi connectivity index (χ3v) is 2.31. The van der Waals surface area contributed by atoms with Crippen molar-refractivity contribution in [2.24, 2.45) is 11.8 Å². The summed E-state index contributed by atoms with van der Waals surface area (Å²) in [5, 5.41) is 9.35. The lowest BCUT2D eigenvalue weighted by Gasteiger charge is -2.24. The Labute approximate surface area is 68.4 Å². The van der Waals surface area contributed by atoms with Gasteiger partial charge >= 0.3 is 0 Å². The van der Waals surface area contributed by atoms with Crippen molar-refractivity contribution in [2.45, 2.75) is 25.9 Å². The standard InChI is InChI=1S/C10H16O/c1-3-4-9-5-6-10(11)8(2)7-9/h3,5-6,8-11H,1,4,7H2,2H3. The van der Waals surface area contributed by atoms with Crippen molar-refractivity contribution in [1.82, 2.24) is 0 Å². The molecular weight excluding hydrogens is 136 g/mol. The molecule has 1 rings (SSSR count). The predicted molar refractivity (Wildman–Crippen MR) is 47.2 cm³/mol. The van der Waals surface area contributed by atoms with E-state index in [2.05, 4.69) is 19.6 Å². The summed E-state index contributed by atoms with van der Waals surface area (Å²) >= 11 is 0. The summed E-state index contributed by atoms with van der Waals surface area (Å²) in [4.78, 5) is 0. The highest BCUT2D eigenvalue weighted by atomic mass is 16.3. The molecule has 0 heterocycles. The van der Waals surface area contributed by atoms with Crippen LogP contribution in [-0.2, 0) is 0 Å². The summed E-state index contributed by atoms with van der Waals surface area (Å²) in [6.07, 6.45) is 7.85. The monoisotopic (exact) mass is 152 g/mol. The van der Waals surface area contributed by atoms with Gasteiger partial charge in [-0.05, 0) is 24.7 Å². The Hall–Kier alpha value is -0.560. The van der Waals surface area contributed by atoms with Gasteiger partial charge in [0.2, 0.25) is 0 Å². The van der Waals surface area contributed by atoms with Gasteiger partial charge < -0.3 is 5.11 Å². The zero-order valence-electron chi connectivity index (χ0n) is 7.03. The van der Waals surface area contributed by atoms with Crippen molar-refractivity contribution in [3.8, 4) is 0 Å². The number of aliphatic hydroxyl groups excluding tert-OH is 1. The molecule has 0 fully saturated rings. The molecule has 1 nitrogen and oxygen atoms in total. The predicted octanol–water partition coefficient (Wildman–Crippen LogP) is 2.14. The highest BCUT2D eigenvalue weighted by Gasteiger charge is 2.19. The average Bonchev–Trinajstić information content (AvgIpc) is 1.98. The van der Waals surface area contributed by atoms with E-state index in [9.17, 15) is 5.11 Å². The van der Waals surface area contributed by atoms with Crippen LogP contribution in [-0.4, -0.2) is 11.2 Å². The molecule has 0 bridgehead atoms. The van der Waals surface area contributed by atoms with Crippen LogP contribution in [0.3, 0.4) is 0 Å². The Morgan fingerprint density at radius 2 is 2.36 bits per heavy atom. The molecule has 1 heteroatoms. The minimum atomic E-state index is -0.226. The van der Waals surface area contributed by atoms with Gasteiger partial charge in [0.15, 0.2) is 0 Å². The van der Waals surface area contributed by atoms with Crippen LogP contribution < -0.4 is 0 Å². The first-order chi connectivity index (χ1) is 5.24. The largest absolute Gasteiger partial charge is 0.389 e. The third kappa shape index (κ3) is 2.19. The molecule has 0 aliphatic heterocycles. The number of allylic oxidation sites excluding steroid dienone is 2. The molecule has 0 saturated heterocycles. The molecule has 0 spiro atoms. The van der Waals surface area contributed by atoms with Gasteiger partial charge in [-0.2, -0.15) is 0 Å². The molecule has 0 amide bonds. The molecule has 11 heavy (non-hydrogen) atoms. The summed E-state index contributed by atoms with van der Waals surface area (Å²) in [6.45, 7) is 5.79. The van der Waals surface area contributed by atoms with Crippen molar-refractivity contribution in [3.05, 3.63) is 24.8 Å². The van der Waals surface area contributed by atoms with Crippen LogP contribution in [0.4, 0.5) is 0 Å². The highest BCUT2D eigenvalue weighted by Crippen LogP contribution is 2.25. The summed E-state index contributed by atoms with van der Waals surface area (Å²) in [6, 6.07) is 0. The van der Waals surface area contributed by atoms with Crippen LogP contribution in [0, 0.1) is 11.8 Å². The lowest BCUT2D eigenvalue weighted by molar-refractivity contribution is 0.139. The second kappa shape index (κ2) is 3.72. The van der Waals surface area contributed by atoms with Gasteiger partial charge in [0.1, 0.15) is 0 Å². The van der Waals surface area contributed by atoms with E-state index < -0.39 is 0 Å². The van der Waals surface area contributed by atoms with Gasteiger partial charge in [-0.3, -0.25) is 0 Å². The fourth-order valence-electron chi connectivity index (χ4n) is 1.55. The van der Waals surface area contributed by atoms with E-state index in [1.54, 1.807) is 0 Å². The van der Waals surface area contributed by atoms with Crippen molar-refractivity contribution < 1.29 is 5.11 Å². The van der Waals surface area contributed by atoms with Gasteiger partial charge in [0.25, 0.3) is 0 Å². The van der Waals surface area contributed by atoms with E-state index in [-0.39, 0.29) is 6.10 Å². The topological polar surface area (TPSA) is 20.2 Å². The maximum atomic E-state index is 9.35. The number of hydrogen-bond donors (Lipinski definition) is 1. The van der Waals surface area contributed by atoms with E-state index in [0.29, 0.717) is 11.8 Å². The first-order valence-corrected chi connectivity index (χ1v) is 4.21. The quantitative estimate of drug-likeness (QED) is 0.601. The second-order valence-corrected chi connectivity index (χ2v) is 3.37. The van der Waals surface area contributed by atoms with E-state index in [1.807, 2.05) is 12.2 Å². The van der Waals surface area contributed by atoms with Crippen molar-refractivity contribution in [1.29, 1.82) is 0 Å². The normalized spacial score (nSPS) is 37.1. The molecule has 0 radical (unpaired) electrons. The first kappa shape index (κ1) is 8.54. The third-order valence-electron chi connectivity index (χ3n) is 2.31. The van der Waals surface area contributed by atoms with Gasteiger partial charge in [0, 0.05) is 0 Å². The van der Waals surface area contributed by atoms with Crippen LogP contribution in [0.15, 0.2) is 24.8 Å². The molecule has 3 unspecified atom stereocenters. The van der Waals surface area contributed by atoms with Gasteiger partial charge in [-0.25, -0.2) is 0 Å². The molecule has 0 saturated carbocycles. The molecule has 0 aromatic carbocycles. The zero-order chi connectivity index (χ0) is 8.27. The van der Waals surface area contributed by atoms with E-state index >= 15 is 0 Å². The number of hydrogen-bond acceptors (Lipinski definition) is 1. The van der Waals surface area contributed by atoms with Crippen LogP contribution in [0.25, 0.3) is 0 Å². The van der Waals surface area contributed by atoms with E-state index in [1.165, 1.54) is 0 Å². The van der Waals surface area contributed by atoms with Crippen LogP contribution in [0.2, 0.25) is 0 Å². The van der Waals surface area contributed by atoms with Gasteiger partial charge in [-0.1, -0.05) is 25.2 Å². The molecule has 0 aromatic rings. The summed E-state index contributed by atoms with van der Waals surface area (Å²) < 4.78 is 0. The molecule has 1 aliphatic rings. The summed E-state index contributed by atoms with van der Waals surface area (Å²) in [5.41, 5.74) is 0. The zero-order valence-corrected chi connectivity index (χ0v) is 7.03. The minimum absolute atomic E-state index is 0.226. The Kier molecular flexibility index (Phi) is 2.89. The summed E-state index contributed by atoms with van der Waals surface area (Å²) in [7, 11) is 0. The fraction of sp³-hybridized carbons (Fsp3) is 0.600. The lowest BCUT2D eigenvalue weighted by atomic mass is 9.84. The Bertz CT molecular complexity index is 160. The maximum Gasteiger partial charge on any atom is 0.0746 e. The van der Waals surface area contributed by atoms with E-state index in [0.717, 1.165) is 12.8 Å². The molecule has 0 aromatic heterocycles. The average molecular weight is 152 g/mol.